The second-order valence-electron chi connectivity index (χ2n) is 11.4. The molecule has 0 spiro atoms. The highest BCUT2D eigenvalue weighted by Crippen LogP contribution is 2.38. The lowest BCUT2D eigenvalue weighted by Gasteiger charge is -2.28. The van der Waals surface area contributed by atoms with Crippen molar-refractivity contribution >= 4 is 17.6 Å². The Morgan fingerprint density at radius 1 is 0.949 bits per heavy atom. The first-order chi connectivity index (χ1) is 18.6. The van der Waals surface area contributed by atoms with Gasteiger partial charge in [-0.25, -0.2) is 0 Å². The summed E-state index contributed by atoms with van der Waals surface area (Å²) in [4.78, 5) is 23.2. The average Bonchev–Trinajstić information content (AvgIpc) is 2.90. The van der Waals surface area contributed by atoms with E-state index in [1.165, 1.54) is 22.3 Å². The number of aliphatic carboxylic acids is 1. The summed E-state index contributed by atoms with van der Waals surface area (Å²) in [6.07, 6.45) is 4.82. The molecule has 0 saturated heterocycles. The standard InChI is InChI=1S/C33H39NO5/c1-33(2,3)32(37)39-28-14-13-24-19-26(12-11-25(24)20-28)29-16-15-27(38-4)21-30(29)34-17-5-6-22-7-9-23(10-8-22)18-31(35)36/h7-10,13-16,20-21,26,34H,5-6,11-12,17-19H2,1-4H3,(H,35,36). The molecule has 6 heteroatoms. The van der Waals surface area contributed by atoms with E-state index in [1.54, 1.807) is 7.11 Å². The largest absolute Gasteiger partial charge is 0.497 e. The molecule has 4 rings (SSSR count). The van der Waals surface area contributed by atoms with E-state index in [2.05, 4.69) is 23.5 Å². The Morgan fingerprint density at radius 3 is 2.36 bits per heavy atom. The van der Waals surface area contributed by atoms with E-state index in [4.69, 9.17) is 14.6 Å². The van der Waals surface area contributed by atoms with Crippen LogP contribution in [0.4, 0.5) is 5.69 Å². The molecule has 0 fully saturated rings. The Kier molecular flexibility index (Phi) is 8.95. The van der Waals surface area contributed by atoms with Crippen LogP contribution in [0.3, 0.4) is 0 Å². The smallest absolute Gasteiger partial charge is 0.316 e. The van der Waals surface area contributed by atoms with E-state index in [1.807, 2.05) is 63.2 Å². The number of carboxylic acid groups (broad SMARTS) is 1. The molecule has 6 nitrogen and oxygen atoms in total. The maximum atomic E-state index is 12.3. The highest BCUT2D eigenvalue weighted by molar-refractivity contribution is 5.78. The fourth-order valence-corrected chi connectivity index (χ4v) is 5.01. The number of carbonyl (C=O) groups is 2. The Labute approximate surface area is 231 Å². The molecule has 0 bridgehead atoms. The molecule has 2 N–H and O–H groups in total. The van der Waals surface area contributed by atoms with Crippen LogP contribution in [0.5, 0.6) is 11.5 Å². The molecule has 0 radical (unpaired) electrons. The molecule has 1 unspecified atom stereocenters. The van der Waals surface area contributed by atoms with Crippen LogP contribution in [0.25, 0.3) is 0 Å². The summed E-state index contributed by atoms with van der Waals surface area (Å²) < 4.78 is 11.1. The highest BCUT2D eigenvalue weighted by atomic mass is 16.5. The van der Waals surface area contributed by atoms with Crippen LogP contribution in [0, 0.1) is 5.41 Å². The number of anilines is 1. The molecule has 3 aromatic rings. The van der Waals surface area contributed by atoms with Crippen molar-refractivity contribution in [1.82, 2.24) is 0 Å². The van der Waals surface area contributed by atoms with Crippen molar-refractivity contribution in [1.29, 1.82) is 0 Å². The lowest BCUT2D eigenvalue weighted by atomic mass is 9.79. The molecule has 1 aliphatic carbocycles. The minimum Gasteiger partial charge on any atom is -0.497 e. The predicted octanol–water partition coefficient (Wildman–Crippen LogP) is 6.59. The molecule has 206 valence electrons. The molecule has 0 heterocycles. The van der Waals surface area contributed by atoms with Crippen LogP contribution >= 0.6 is 0 Å². The zero-order chi connectivity index (χ0) is 28.0. The zero-order valence-corrected chi connectivity index (χ0v) is 23.4. The monoisotopic (exact) mass is 529 g/mol. The van der Waals surface area contributed by atoms with Gasteiger partial charge in [-0.2, -0.15) is 0 Å². The van der Waals surface area contributed by atoms with Crippen molar-refractivity contribution in [3.8, 4) is 11.5 Å². The number of hydrogen-bond acceptors (Lipinski definition) is 5. The fourth-order valence-electron chi connectivity index (χ4n) is 5.01. The summed E-state index contributed by atoms with van der Waals surface area (Å²) in [5.74, 6) is 0.803. The summed E-state index contributed by atoms with van der Waals surface area (Å²) in [7, 11) is 1.69. The van der Waals surface area contributed by atoms with E-state index in [0.29, 0.717) is 11.7 Å². The maximum Gasteiger partial charge on any atom is 0.316 e. The van der Waals surface area contributed by atoms with Gasteiger partial charge in [0.15, 0.2) is 0 Å². The summed E-state index contributed by atoms with van der Waals surface area (Å²) >= 11 is 0. The summed E-state index contributed by atoms with van der Waals surface area (Å²) in [5.41, 5.74) is 6.44. The van der Waals surface area contributed by atoms with Gasteiger partial charge in [-0.05, 0) is 105 Å². The third-order valence-electron chi connectivity index (χ3n) is 7.27. The molecule has 0 amide bonds. The number of esters is 1. The van der Waals surface area contributed by atoms with Crippen molar-refractivity contribution in [2.24, 2.45) is 5.41 Å². The van der Waals surface area contributed by atoms with E-state index in [0.717, 1.165) is 55.6 Å². The number of rotatable bonds is 10. The van der Waals surface area contributed by atoms with Gasteiger partial charge in [0.1, 0.15) is 11.5 Å². The topological polar surface area (TPSA) is 84.9 Å². The number of aryl methyl sites for hydroxylation is 2. The van der Waals surface area contributed by atoms with Crippen molar-refractivity contribution < 1.29 is 24.2 Å². The van der Waals surface area contributed by atoms with Crippen molar-refractivity contribution in [3.63, 3.8) is 0 Å². The lowest BCUT2D eigenvalue weighted by molar-refractivity contribution is -0.143. The van der Waals surface area contributed by atoms with Gasteiger partial charge >= 0.3 is 11.9 Å². The zero-order valence-electron chi connectivity index (χ0n) is 23.4. The second kappa shape index (κ2) is 12.4. The Hall–Kier alpha value is -3.80. The molecule has 3 aromatic carbocycles. The van der Waals surface area contributed by atoms with Gasteiger partial charge < -0.3 is 19.9 Å². The summed E-state index contributed by atoms with van der Waals surface area (Å²) in [6, 6.07) is 20.2. The molecule has 0 aromatic heterocycles. The van der Waals surface area contributed by atoms with Crippen LogP contribution in [-0.4, -0.2) is 30.7 Å². The molecule has 1 atom stereocenters. The number of hydrogen-bond donors (Lipinski definition) is 2. The second-order valence-corrected chi connectivity index (χ2v) is 11.4. The molecule has 39 heavy (non-hydrogen) atoms. The number of fused-ring (bicyclic) bond motifs is 1. The third-order valence-corrected chi connectivity index (χ3v) is 7.27. The van der Waals surface area contributed by atoms with Gasteiger partial charge in [-0.3, -0.25) is 9.59 Å². The predicted molar refractivity (Wildman–Crippen MR) is 154 cm³/mol. The van der Waals surface area contributed by atoms with E-state index >= 15 is 0 Å². The molecular formula is C33H39NO5. The van der Waals surface area contributed by atoms with Crippen LogP contribution in [0.15, 0.2) is 60.7 Å². The van der Waals surface area contributed by atoms with Gasteiger partial charge in [0, 0.05) is 18.3 Å². The number of methoxy groups -OCH3 is 1. The summed E-state index contributed by atoms with van der Waals surface area (Å²) in [5, 5.41) is 12.6. The number of benzene rings is 3. The third kappa shape index (κ3) is 7.62. The first-order valence-corrected chi connectivity index (χ1v) is 13.7. The molecule has 1 aliphatic rings. The van der Waals surface area contributed by atoms with Crippen molar-refractivity contribution in [3.05, 3.63) is 88.5 Å². The van der Waals surface area contributed by atoms with E-state index in [9.17, 15) is 9.59 Å². The van der Waals surface area contributed by atoms with Gasteiger partial charge in [0.25, 0.3) is 0 Å². The molecular weight excluding hydrogens is 490 g/mol. The quantitative estimate of drug-likeness (QED) is 0.175. The van der Waals surface area contributed by atoms with Gasteiger partial charge in [-0.1, -0.05) is 36.4 Å². The van der Waals surface area contributed by atoms with Crippen LogP contribution in [0.1, 0.15) is 67.3 Å². The normalized spacial score (nSPS) is 14.8. The van der Waals surface area contributed by atoms with Crippen LogP contribution < -0.4 is 14.8 Å². The van der Waals surface area contributed by atoms with Crippen molar-refractivity contribution in [2.45, 2.75) is 65.2 Å². The van der Waals surface area contributed by atoms with Gasteiger partial charge in [-0.15, -0.1) is 0 Å². The van der Waals surface area contributed by atoms with Crippen molar-refractivity contribution in [2.75, 3.05) is 19.0 Å². The Morgan fingerprint density at radius 2 is 1.67 bits per heavy atom. The molecule has 0 aliphatic heterocycles. The minimum atomic E-state index is -0.811. The molecule has 0 saturated carbocycles. The minimum absolute atomic E-state index is 0.0535. The van der Waals surface area contributed by atoms with E-state index < -0.39 is 11.4 Å². The van der Waals surface area contributed by atoms with E-state index in [-0.39, 0.29) is 12.4 Å². The number of nitrogens with one attached hydrogen (secondary N) is 1. The number of carbonyl (C=O) groups excluding carboxylic acids is 1. The van der Waals surface area contributed by atoms with Crippen LogP contribution in [-0.2, 0) is 35.3 Å². The fraction of sp³-hybridized carbons (Fsp3) is 0.394. The Balaban J connectivity index is 1.39. The SMILES string of the molecule is COc1ccc(C2CCc3cc(OC(=O)C(C)(C)C)ccc3C2)c(NCCCc2ccc(CC(=O)O)cc2)c1. The number of ether oxygens (including phenoxy) is 2. The highest BCUT2D eigenvalue weighted by Gasteiger charge is 2.26. The summed E-state index contributed by atoms with van der Waals surface area (Å²) in [6.45, 7) is 6.41. The Bertz CT molecular complexity index is 1310. The first-order valence-electron chi connectivity index (χ1n) is 13.7. The lowest BCUT2D eigenvalue weighted by Crippen LogP contribution is -2.25. The van der Waals surface area contributed by atoms with Crippen LogP contribution in [0.2, 0.25) is 0 Å². The van der Waals surface area contributed by atoms with Gasteiger partial charge in [0.2, 0.25) is 0 Å². The average molecular weight is 530 g/mol. The first kappa shape index (κ1) is 28.2. The maximum absolute atomic E-state index is 12.3. The number of carboxylic acids is 1. The van der Waals surface area contributed by atoms with Gasteiger partial charge in [0.05, 0.1) is 18.9 Å².